The number of carboxylic acid groups (broad SMARTS) is 1. The Labute approximate surface area is 119 Å². The third kappa shape index (κ3) is 2.37. The van der Waals surface area contributed by atoms with E-state index in [0.29, 0.717) is 24.3 Å². The molecule has 0 aromatic carbocycles. The number of rotatable bonds is 2. The maximum Gasteiger partial charge on any atom is 0.326 e. The van der Waals surface area contributed by atoms with Crippen LogP contribution in [0.25, 0.3) is 0 Å². The molecular formula is C15H21N3O2. The van der Waals surface area contributed by atoms with Crippen molar-refractivity contribution in [3.63, 3.8) is 0 Å². The number of hydrogen-bond donors (Lipinski definition) is 1. The van der Waals surface area contributed by atoms with Gasteiger partial charge in [0.1, 0.15) is 6.04 Å². The van der Waals surface area contributed by atoms with E-state index in [-0.39, 0.29) is 0 Å². The number of fused-ring (bicyclic) bond motifs is 1. The topological polar surface area (TPSA) is 66.3 Å². The van der Waals surface area contributed by atoms with E-state index in [1.54, 1.807) is 12.4 Å². The zero-order chi connectivity index (χ0) is 14.1. The van der Waals surface area contributed by atoms with Gasteiger partial charge >= 0.3 is 5.97 Å². The molecule has 1 aromatic rings. The second-order valence-corrected chi connectivity index (χ2v) is 6.01. The quantitative estimate of drug-likeness (QED) is 0.897. The Morgan fingerprint density at radius 1 is 1.20 bits per heavy atom. The molecule has 2 heterocycles. The summed E-state index contributed by atoms with van der Waals surface area (Å²) in [7, 11) is 0. The maximum atomic E-state index is 11.6. The highest BCUT2D eigenvalue weighted by atomic mass is 16.4. The number of carboxylic acids is 1. The molecule has 0 radical (unpaired) electrons. The van der Waals surface area contributed by atoms with Crippen LogP contribution in [0, 0.1) is 12.8 Å². The summed E-state index contributed by atoms with van der Waals surface area (Å²) < 4.78 is 0. The Bertz CT molecular complexity index is 488. The monoisotopic (exact) mass is 275 g/mol. The molecule has 2 aliphatic rings. The number of anilines is 1. The van der Waals surface area contributed by atoms with Crippen molar-refractivity contribution in [2.45, 2.75) is 57.5 Å². The van der Waals surface area contributed by atoms with Crippen molar-refractivity contribution >= 4 is 11.9 Å². The molecule has 3 atom stereocenters. The minimum Gasteiger partial charge on any atom is -0.480 e. The summed E-state index contributed by atoms with van der Waals surface area (Å²) in [6.45, 7) is 1.94. The third-order valence-electron chi connectivity index (χ3n) is 4.66. The summed E-state index contributed by atoms with van der Waals surface area (Å²) in [6, 6.07) is -0.182. The second-order valence-electron chi connectivity index (χ2n) is 6.01. The molecule has 1 saturated heterocycles. The normalized spacial score (nSPS) is 29.9. The fourth-order valence-corrected chi connectivity index (χ4v) is 3.68. The Balaban J connectivity index is 1.95. The van der Waals surface area contributed by atoms with E-state index >= 15 is 0 Å². The van der Waals surface area contributed by atoms with Gasteiger partial charge in [-0.15, -0.1) is 0 Å². The molecule has 0 spiro atoms. The van der Waals surface area contributed by atoms with Crippen LogP contribution in [-0.4, -0.2) is 33.1 Å². The number of hydrogen-bond acceptors (Lipinski definition) is 4. The maximum absolute atomic E-state index is 11.6. The summed E-state index contributed by atoms with van der Waals surface area (Å²) in [6.07, 6.45) is 9.97. The lowest BCUT2D eigenvalue weighted by Crippen LogP contribution is -2.56. The second kappa shape index (κ2) is 5.38. The van der Waals surface area contributed by atoms with Crippen molar-refractivity contribution in [2.24, 2.45) is 5.92 Å². The van der Waals surface area contributed by atoms with Gasteiger partial charge in [-0.25, -0.2) is 14.8 Å². The molecule has 3 unspecified atom stereocenters. The predicted octanol–water partition coefficient (Wildman–Crippen LogP) is 2.40. The Kier molecular flexibility index (Phi) is 3.59. The zero-order valence-electron chi connectivity index (χ0n) is 11.8. The van der Waals surface area contributed by atoms with Crippen molar-refractivity contribution < 1.29 is 9.90 Å². The Morgan fingerprint density at radius 2 is 1.90 bits per heavy atom. The first-order valence-electron chi connectivity index (χ1n) is 7.46. The SMILES string of the molecule is Cc1cnc(N2C(C(=O)O)CCC3CCCCC32)nc1. The molecule has 5 heteroatoms. The first-order chi connectivity index (χ1) is 9.66. The van der Waals surface area contributed by atoms with E-state index in [1.807, 2.05) is 11.8 Å². The lowest BCUT2D eigenvalue weighted by atomic mass is 9.76. The molecule has 108 valence electrons. The molecular weight excluding hydrogens is 254 g/mol. The van der Waals surface area contributed by atoms with Crippen LogP contribution in [0.3, 0.4) is 0 Å². The van der Waals surface area contributed by atoms with Crippen LogP contribution in [0.1, 0.15) is 44.1 Å². The molecule has 0 bridgehead atoms. The van der Waals surface area contributed by atoms with Crippen molar-refractivity contribution in [2.75, 3.05) is 4.90 Å². The van der Waals surface area contributed by atoms with E-state index < -0.39 is 12.0 Å². The van der Waals surface area contributed by atoms with Crippen LogP contribution in [0.5, 0.6) is 0 Å². The van der Waals surface area contributed by atoms with Crippen molar-refractivity contribution in [3.8, 4) is 0 Å². The molecule has 5 nitrogen and oxygen atoms in total. The van der Waals surface area contributed by atoms with Crippen molar-refractivity contribution in [3.05, 3.63) is 18.0 Å². The van der Waals surface area contributed by atoms with Gasteiger partial charge in [0.25, 0.3) is 0 Å². The average molecular weight is 275 g/mol. The molecule has 1 aromatic heterocycles. The number of aryl methyl sites for hydroxylation is 1. The molecule has 20 heavy (non-hydrogen) atoms. The van der Waals surface area contributed by atoms with Crippen LogP contribution >= 0.6 is 0 Å². The van der Waals surface area contributed by atoms with Gasteiger partial charge in [0.15, 0.2) is 0 Å². The van der Waals surface area contributed by atoms with Gasteiger partial charge in [-0.05, 0) is 44.1 Å². The minimum atomic E-state index is -0.752. The fourth-order valence-electron chi connectivity index (χ4n) is 3.68. The number of piperidine rings is 1. The van der Waals surface area contributed by atoms with E-state index in [4.69, 9.17) is 0 Å². The van der Waals surface area contributed by atoms with Crippen LogP contribution in [0.4, 0.5) is 5.95 Å². The van der Waals surface area contributed by atoms with Crippen LogP contribution in [0.15, 0.2) is 12.4 Å². The lowest BCUT2D eigenvalue weighted by molar-refractivity contribution is -0.139. The largest absolute Gasteiger partial charge is 0.480 e. The number of nitrogens with zero attached hydrogens (tertiary/aromatic N) is 3. The molecule has 1 aliphatic heterocycles. The molecule has 1 N–H and O–H groups in total. The highest BCUT2D eigenvalue weighted by Crippen LogP contribution is 2.39. The van der Waals surface area contributed by atoms with Crippen LogP contribution in [0.2, 0.25) is 0 Å². The summed E-state index contributed by atoms with van der Waals surface area (Å²) in [4.78, 5) is 22.3. The van der Waals surface area contributed by atoms with E-state index in [1.165, 1.54) is 19.3 Å². The van der Waals surface area contributed by atoms with Crippen LogP contribution < -0.4 is 4.90 Å². The summed E-state index contributed by atoms with van der Waals surface area (Å²) in [5.74, 6) is 0.432. The molecule has 2 fully saturated rings. The Morgan fingerprint density at radius 3 is 2.60 bits per heavy atom. The van der Waals surface area contributed by atoms with Gasteiger partial charge in [0.2, 0.25) is 5.95 Å². The summed E-state index contributed by atoms with van der Waals surface area (Å²) in [5, 5.41) is 9.52. The van der Waals surface area contributed by atoms with E-state index in [9.17, 15) is 9.90 Å². The number of aromatic nitrogens is 2. The average Bonchev–Trinajstić information content (AvgIpc) is 2.47. The molecule has 1 aliphatic carbocycles. The van der Waals surface area contributed by atoms with Gasteiger partial charge in [-0.2, -0.15) is 0 Å². The summed E-state index contributed by atoms with van der Waals surface area (Å²) >= 11 is 0. The predicted molar refractivity (Wildman–Crippen MR) is 75.7 cm³/mol. The van der Waals surface area contributed by atoms with Gasteiger partial charge in [-0.1, -0.05) is 12.8 Å². The fraction of sp³-hybridized carbons (Fsp3) is 0.667. The number of aliphatic carboxylic acids is 1. The lowest BCUT2D eigenvalue weighted by Gasteiger charge is -2.47. The molecule has 1 saturated carbocycles. The Hall–Kier alpha value is -1.65. The molecule has 3 rings (SSSR count). The van der Waals surface area contributed by atoms with Crippen molar-refractivity contribution in [1.29, 1.82) is 0 Å². The first kappa shape index (κ1) is 13.3. The van der Waals surface area contributed by atoms with Crippen molar-refractivity contribution in [1.82, 2.24) is 9.97 Å². The standard InChI is InChI=1S/C15H21N3O2/c1-10-8-16-15(17-9-10)18-12-5-3-2-4-11(12)6-7-13(18)14(19)20/h8-9,11-13H,2-7H2,1H3,(H,19,20). The smallest absolute Gasteiger partial charge is 0.326 e. The third-order valence-corrected chi connectivity index (χ3v) is 4.66. The van der Waals surface area contributed by atoms with Gasteiger partial charge in [-0.3, -0.25) is 0 Å². The highest BCUT2D eigenvalue weighted by Gasteiger charge is 2.42. The molecule has 0 amide bonds. The summed E-state index contributed by atoms with van der Waals surface area (Å²) in [5.41, 5.74) is 0.998. The highest BCUT2D eigenvalue weighted by molar-refractivity contribution is 5.77. The van der Waals surface area contributed by atoms with Gasteiger partial charge < -0.3 is 10.0 Å². The van der Waals surface area contributed by atoms with Crippen LogP contribution in [-0.2, 0) is 4.79 Å². The van der Waals surface area contributed by atoms with Gasteiger partial charge in [0, 0.05) is 18.4 Å². The first-order valence-corrected chi connectivity index (χ1v) is 7.46. The zero-order valence-corrected chi connectivity index (χ0v) is 11.8. The van der Waals surface area contributed by atoms with E-state index in [2.05, 4.69) is 9.97 Å². The number of carbonyl (C=O) groups is 1. The van der Waals surface area contributed by atoms with Gasteiger partial charge in [0.05, 0.1) is 0 Å². The van der Waals surface area contributed by atoms with E-state index in [0.717, 1.165) is 18.4 Å². The minimum absolute atomic E-state index is 0.293.